The number of phenolic OH excluding ortho intramolecular Hbond substituents is 1. The number of phenols is 1. The number of hydrogen-bond donors (Lipinski definition) is 3. The van der Waals surface area contributed by atoms with Gasteiger partial charge in [0.2, 0.25) is 10.0 Å². The largest absolute Gasteiger partial charge is 0.508 e. The number of anilines is 3. The van der Waals surface area contributed by atoms with Gasteiger partial charge < -0.3 is 10.4 Å². The van der Waals surface area contributed by atoms with Crippen LogP contribution in [0.25, 0.3) is 11.0 Å². The molecule has 0 saturated carbocycles. The molecule has 3 N–H and O–H groups in total. The normalized spacial score (nSPS) is 12.1. The molecule has 31 heavy (non-hydrogen) atoms. The van der Waals surface area contributed by atoms with Crippen molar-refractivity contribution >= 4 is 48.2 Å². The van der Waals surface area contributed by atoms with Crippen molar-refractivity contribution in [1.29, 1.82) is 0 Å². The van der Waals surface area contributed by atoms with Gasteiger partial charge in [0, 0.05) is 18.0 Å². The number of rotatable bonds is 9. The molecule has 2 aromatic carbocycles. The smallest absolute Gasteiger partial charge is 0.233 e. The number of aromatic nitrogens is 2. The third kappa shape index (κ3) is 6.28. The van der Waals surface area contributed by atoms with E-state index < -0.39 is 19.9 Å². The van der Waals surface area contributed by atoms with Crippen LogP contribution in [0.15, 0.2) is 42.5 Å². The van der Waals surface area contributed by atoms with Gasteiger partial charge in [-0.15, -0.1) is 0 Å². The van der Waals surface area contributed by atoms with Crippen LogP contribution in [0.2, 0.25) is 0 Å². The molecule has 0 radical (unpaired) electrons. The number of fused-ring (bicyclic) bond motifs is 1. The lowest BCUT2D eigenvalue weighted by Crippen LogP contribution is -2.18. The van der Waals surface area contributed by atoms with Crippen LogP contribution in [-0.2, 0) is 26.3 Å². The maximum Gasteiger partial charge on any atom is 0.233 e. The summed E-state index contributed by atoms with van der Waals surface area (Å²) in [6.45, 7) is 1.76. The van der Waals surface area contributed by atoms with Crippen molar-refractivity contribution in [2.45, 2.75) is 19.8 Å². The van der Waals surface area contributed by atoms with Gasteiger partial charge in [0.1, 0.15) is 15.6 Å². The molecule has 0 aliphatic heterocycles. The third-order valence-electron chi connectivity index (χ3n) is 4.38. The number of para-hydroxylation sites is 2. The van der Waals surface area contributed by atoms with Crippen LogP contribution in [0.1, 0.15) is 18.9 Å². The molecular formula is C20H24N4O5S2. The second kappa shape index (κ2) is 9.06. The number of benzene rings is 2. The lowest BCUT2D eigenvalue weighted by Gasteiger charge is -2.16. The van der Waals surface area contributed by atoms with Gasteiger partial charge in [-0.3, -0.25) is 4.72 Å². The maximum atomic E-state index is 12.4. The van der Waals surface area contributed by atoms with Crippen molar-refractivity contribution in [2.75, 3.05) is 27.8 Å². The number of aromatic hydroxyl groups is 1. The molecule has 0 aliphatic rings. The zero-order chi connectivity index (χ0) is 22.6. The van der Waals surface area contributed by atoms with Gasteiger partial charge in [0.05, 0.1) is 22.5 Å². The van der Waals surface area contributed by atoms with E-state index in [-0.39, 0.29) is 35.3 Å². The van der Waals surface area contributed by atoms with Crippen molar-refractivity contribution in [3.8, 4) is 5.75 Å². The van der Waals surface area contributed by atoms with Crippen LogP contribution in [-0.4, -0.2) is 49.7 Å². The molecule has 166 valence electrons. The average Bonchev–Trinajstić information content (AvgIpc) is 2.66. The molecule has 9 nitrogen and oxygen atoms in total. The third-order valence-corrected chi connectivity index (χ3v) is 6.78. The van der Waals surface area contributed by atoms with E-state index in [9.17, 15) is 21.9 Å². The number of sulfonamides is 1. The number of hydrogen-bond acceptors (Lipinski definition) is 8. The standard InChI is InChI=1S/C20H24N4O5S2/c1-3-11-31(28,29)24-20-19(21-16-6-4-5-7-17(16)22-20)23-18-13-15(25)9-8-14(18)10-12-30(2,26)27/h4-9,13,25H,3,10-12H2,1-2H3,(H,21,23)(H,22,24). The van der Waals surface area contributed by atoms with E-state index in [1.165, 1.54) is 12.1 Å². The van der Waals surface area contributed by atoms with Crippen molar-refractivity contribution < 1.29 is 21.9 Å². The molecule has 0 unspecified atom stereocenters. The van der Waals surface area contributed by atoms with E-state index in [4.69, 9.17) is 0 Å². The van der Waals surface area contributed by atoms with E-state index in [1.807, 2.05) is 0 Å². The summed E-state index contributed by atoms with van der Waals surface area (Å²) in [6.07, 6.45) is 1.79. The fourth-order valence-corrected chi connectivity index (χ4v) is 4.61. The van der Waals surface area contributed by atoms with Gasteiger partial charge in [0.15, 0.2) is 11.6 Å². The Bertz CT molecular complexity index is 1310. The Morgan fingerprint density at radius 2 is 1.58 bits per heavy atom. The summed E-state index contributed by atoms with van der Waals surface area (Å²) in [7, 11) is -6.84. The second-order valence-corrected chi connectivity index (χ2v) is 11.3. The number of nitrogens with one attached hydrogen (secondary N) is 2. The summed E-state index contributed by atoms with van der Waals surface area (Å²) in [5, 5.41) is 13.0. The van der Waals surface area contributed by atoms with Crippen LogP contribution in [0.3, 0.4) is 0 Å². The Labute approximate surface area is 181 Å². The van der Waals surface area contributed by atoms with E-state index in [1.54, 1.807) is 37.3 Å². The molecule has 3 aromatic rings. The van der Waals surface area contributed by atoms with Crippen molar-refractivity contribution in [3.63, 3.8) is 0 Å². The summed E-state index contributed by atoms with van der Waals surface area (Å²) < 4.78 is 50.4. The van der Waals surface area contributed by atoms with E-state index in [0.29, 0.717) is 28.7 Å². The fourth-order valence-electron chi connectivity index (χ4n) is 2.95. The van der Waals surface area contributed by atoms with Crippen molar-refractivity contribution in [1.82, 2.24) is 9.97 Å². The molecule has 0 saturated heterocycles. The highest BCUT2D eigenvalue weighted by Gasteiger charge is 2.17. The first kappa shape index (κ1) is 22.8. The predicted octanol–water partition coefficient (Wildman–Crippen LogP) is 2.82. The van der Waals surface area contributed by atoms with Gasteiger partial charge in [-0.25, -0.2) is 26.8 Å². The van der Waals surface area contributed by atoms with Gasteiger partial charge >= 0.3 is 0 Å². The SMILES string of the molecule is CCCS(=O)(=O)Nc1nc2ccccc2nc1Nc1cc(O)ccc1CCS(C)(=O)=O. The minimum Gasteiger partial charge on any atom is -0.508 e. The van der Waals surface area contributed by atoms with Crippen LogP contribution >= 0.6 is 0 Å². The van der Waals surface area contributed by atoms with Crippen LogP contribution < -0.4 is 10.0 Å². The Morgan fingerprint density at radius 1 is 0.935 bits per heavy atom. The first-order chi connectivity index (χ1) is 14.6. The lowest BCUT2D eigenvalue weighted by molar-refractivity contribution is 0.475. The predicted molar refractivity (Wildman–Crippen MR) is 122 cm³/mol. The Morgan fingerprint density at radius 3 is 2.19 bits per heavy atom. The van der Waals surface area contributed by atoms with Crippen LogP contribution in [0.5, 0.6) is 5.75 Å². The van der Waals surface area contributed by atoms with Gasteiger partial charge in [-0.2, -0.15) is 0 Å². The topological polar surface area (TPSA) is 138 Å². The van der Waals surface area contributed by atoms with Gasteiger partial charge in [-0.1, -0.05) is 25.1 Å². The molecule has 0 fully saturated rings. The fraction of sp³-hybridized carbons (Fsp3) is 0.300. The number of sulfone groups is 1. The molecule has 3 rings (SSSR count). The monoisotopic (exact) mass is 464 g/mol. The lowest BCUT2D eigenvalue weighted by atomic mass is 10.1. The summed E-state index contributed by atoms with van der Waals surface area (Å²) in [5.41, 5.74) is 2.08. The van der Waals surface area contributed by atoms with Gasteiger partial charge in [-0.05, 0) is 36.6 Å². The molecule has 1 heterocycles. The van der Waals surface area contributed by atoms with E-state index in [2.05, 4.69) is 20.0 Å². The highest BCUT2D eigenvalue weighted by molar-refractivity contribution is 7.92. The summed E-state index contributed by atoms with van der Waals surface area (Å²) in [4.78, 5) is 8.90. The molecule has 0 amide bonds. The minimum absolute atomic E-state index is 0.0181. The maximum absolute atomic E-state index is 12.4. The average molecular weight is 465 g/mol. The Hall–Kier alpha value is -2.92. The second-order valence-electron chi connectivity index (χ2n) is 7.18. The van der Waals surface area contributed by atoms with Crippen LogP contribution in [0, 0.1) is 0 Å². The van der Waals surface area contributed by atoms with Crippen molar-refractivity contribution in [3.05, 3.63) is 48.0 Å². The molecule has 0 bridgehead atoms. The molecular weight excluding hydrogens is 440 g/mol. The van der Waals surface area contributed by atoms with E-state index in [0.717, 1.165) is 6.26 Å². The number of aryl methyl sites for hydroxylation is 1. The summed E-state index contributed by atoms with van der Waals surface area (Å²) in [6, 6.07) is 11.5. The Balaban J connectivity index is 2.06. The summed E-state index contributed by atoms with van der Waals surface area (Å²) in [5.74, 6) is -0.0278. The zero-order valence-electron chi connectivity index (χ0n) is 17.2. The highest BCUT2D eigenvalue weighted by Crippen LogP contribution is 2.30. The molecule has 1 aromatic heterocycles. The molecule has 0 spiro atoms. The zero-order valence-corrected chi connectivity index (χ0v) is 18.8. The first-order valence-electron chi connectivity index (χ1n) is 9.60. The minimum atomic E-state index is -3.64. The quantitative estimate of drug-likeness (QED) is 0.439. The van der Waals surface area contributed by atoms with E-state index >= 15 is 0 Å². The molecule has 0 atom stereocenters. The molecule has 0 aliphatic carbocycles. The van der Waals surface area contributed by atoms with Crippen LogP contribution in [0.4, 0.5) is 17.3 Å². The Kier molecular flexibility index (Phi) is 6.65. The van der Waals surface area contributed by atoms with Crippen molar-refractivity contribution in [2.24, 2.45) is 0 Å². The number of nitrogens with zero attached hydrogens (tertiary/aromatic N) is 2. The first-order valence-corrected chi connectivity index (χ1v) is 13.3. The van der Waals surface area contributed by atoms with Gasteiger partial charge in [0.25, 0.3) is 0 Å². The molecule has 11 heteroatoms. The highest BCUT2D eigenvalue weighted by atomic mass is 32.2. The summed E-state index contributed by atoms with van der Waals surface area (Å²) >= 11 is 0.